The summed E-state index contributed by atoms with van der Waals surface area (Å²) in [7, 11) is 0. The molecule has 0 spiro atoms. The molecule has 0 atom stereocenters. The largest absolute Gasteiger partial charge is 0.398 e. The maximum Gasteiger partial charge on any atom is 0.0670 e. The Balaban J connectivity index is 2.66. The number of fused-ring (bicyclic) bond motifs is 1. The normalized spacial score (nSPS) is 9.93. The van der Waals surface area contributed by atoms with E-state index in [4.69, 9.17) is 11.0 Å². The molecule has 0 amide bonds. The molecule has 0 aliphatic carbocycles. The molecular formula is C12H10N2. The molecule has 0 bridgehead atoms. The molecule has 0 aliphatic heterocycles. The molecule has 2 nitrogen and oxygen atoms in total. The van der Waals surface area contributed by atoms with Gasteiger partial charge in [-0.2, -0.15) is 5.26 Å². The molecule has 0 fully saturated rings. The van der Waals surface area contributed by atoms with E-state index in [1.807, 2.05) is 36.4 Å². The Morgan fingerprint density at radius 2 is 1.79 bits per heavy atom. The van der Waals surface area contributed by atoms with E-state index in [1.165, 1.54) is 0 Å². The SMILES string of the molecule is N#CCc1cc2ccccc2cc1N. The third-order valence-corrected chi connectivity index (χ3v) is 2.28. The molecule has 0 unspecified atom stereocenters. The Morgan fingerprint density at radius 1 is 1.14 bits per heavy atom. The molecule has 0 radical (unpaired) electrons. The lowest BCUT2D eigenvalue weighted by Gasteiger charge is -2.04. The van der Waals surface area contributed by atoms with Crippen molar-refractivity contribution in [3.8, 4) is 6.07 Å². The van der Waals surface area contributed by atoms with Crippen LogP contribution in [0, 0.1) is 11.3 Å². The molecular weight excluding hydrogens is 172 g/mol. The summed E-state index contributed by atoms with van der Waals surface area (Å²) in [5.41, 5.74) is 7.43. The van der Waals surface area contributed by atoms with Crippen LogP contribution in [0.15, 0.2) is 36.4 Å². The van der Waals surface area contributed by atoms with Crippen LogP contribution < -0.4 is 5.73 Å². The predicted octanol–water partition coefficient (Wildman–Crippen LogP) is 2.49. The minimum absolute atomic E-state index is 0.372. The number of benzene rings is 2. The van der Waals surface area contributed by atoms with Gasteiger partial charge in [0.15, 0.2) is 0 Å². The van der Waals surface area contributed by atoms with Gasteiger partial charge in [0.1, 0.15) is 0 Å². The van der Waals surface area contributed by atoms with Gasteiger partial charge in [-0.15, -0.1) is 0 Å². The van der Waals surface area contributed by atoms with Crippen molar-refractivity contribution in [2.24, 2.45) is 0 Å². The van der Waals surface area contributed by atoms with Crippen molar-refractivity contribution >= 4 is 16.5 Å². The van der Waals surface area contributed by atoms with Gasteiger partial charge in [-0.25, -0.2) is 0 Å². The predicted molar refractivity (Wildman–Crippen MR) is 57.7 cm³/mol. The van der Waals surface area contributed by atoms with Crippen LogP contribution in [0.3, 0.4) is 0 Å². The second-order valence-corrected chi connectivity index (χ2v) is 3.23. The number of nitrogen functional groups attached to an aromatic ring is 1. The maximum atomic E-state index is 8.61. The van der Waals surface area contributed by atoms with Crippen molar-refractivity contribution < 1.29 is 0 Å². The van der Waals surface area contributed by atoms with E-state index in [1.54, 1.807) is 0 Å². The third-order valence-electron chi connectivity index (χ3n) is 2.28. The molecule has 2 heteroatoms. The molecule has 2 aromatic carbocycles. The molecule has 2 N–H and O–H groups in total. The summed E-state index contributed by atoms with van der Waals surface area (Å²) in [4.78, 5) is 0. The first-order valence-electron chi connectivity index (χ1n) is 4.45. The van der Waals surface area contributed by atoms with E-state index >= 15 is 0 Å². The van der Waals surface area contributed by atoms with Crippen molar-refractivity contribution in [3.63, 3.8) is 0 Å². The van der Waals surface area contributed by atoms with Crippen molar-refractivity contribution in [3.05, 3.63) is 42.0 Å². The standard InChI is InChI=1S/C12H10N2/c13-6-5-11-7-9-3-1-2-4-10(9)8-12(11)14/h1-4,7-8H,5,14H2. The van der Waals surface area contributed by atoms with E-state index in [0.717, 1.165) is 16.3 Å². The quantitative estimate of drug-likeness (QED) is 0.689. The monoisotopic (exact) mass is 182 g/mol. The summed E-state index contributed by atoms with van der Waals surface area (Å²) < 4.78 is 0. The van der Waals surface area contributed by atoms with Crippen LogP contribution in [0.25, 0.3) is 10.8 Å². The van der Waals surface area contributed by atoms with Crippen molar-refractivity contribution in [2.45, 2.75) is 6.42 Å². The summed E-state index contributed by atoms with van der Waals surface area (Å²) in [5.74, 6) is 0. The number of hydrogen-bond donors (Lipinski definition) is 1. The Bertz CT molecular complexity index is 509. The van der Waals surface area contributed by atoms with Crippen molar-refractivity contribution in [2.75, 3.05) is 5.73 Å². The first-order valence-corrected chi connectivity index (χ1v) is 4.45. The number of nitrogens with zero attached hydrogens (tertiary/aromatic N) is 1. The van der Waals surface area contributed by atoms with Crippen LogP contribution in [0.4, 0.5) is 5.69 Å². The summed E-state index contributed by atoms with van der Waals surface area (Å²) >= 11 is 0. The number of nitriles is 1. The van der Waals surface area contributed by atoms with Gasteiger partial charge < -0.3 is 5.73 Å². The summed E-state index contributed by atoms with van der Waals surface area (Å²) in [5, 5.41) is 10.9. The minimum Gasteiger partial charge on any atom is -0.398 e. The molecule has 68 valence electrons. The Hall–Kier alpha value is -2.01. The first-order chi connectivity index (χ1) is 6.81. The lowest BCUT2D eigenvalue weighted by molar-refractivity contribution is 1.28. The van der Waals surface area contributed by atoms with Crippen LogP contribution in [0.1, 0.15) is 5.56 Å². The highest BCUT2D eigenvalue weighted by atomic mass is 14.6. The van der Waals surface area contributed by atoms with Gasteiger partial charge in [0.05, 0.1) is 12.5 Å². The number of nitrogens with two attached hydrogens (primary N) is 1. The van der Waals surface area contributed by atoms with Crippen LogP contribution >= 0.6 is 0 Å². The third kappa shape index (κ3) is 1.40. The van der Waals surface area contributed by atoms with E-state index in [9.17, 15) is 0 Å². The van der Waals surface area contributed by atoms with Crippen molar-refractivity contribution in [1.29, 1.82) is 5.26 Å². The number of rotatable bonds is 1. The van der Waals surface area contributed by atoms with E-state index in [-0.39, 0.29) is 0 Å². The first kappa shape index (κ1) is 8.58. The van der Waals surface area contributed by atoms with Gasteiger partial charge in [-0.05, 0) is 28.5 Å². The lowest BCUT2D eigenvalue weighted by Crippen LogP contribution is -1.93. The van der Waals surface area contributed by atoms with Gasteiger partial charge in [0.25, 0.3) is 0 Å². The van der Waals surface area contributed by atoms with Crippen LogP contribution in [-0.4, -0.2) is 0 Å². The summed E-state index contributed by atoms with van der Waals surface area (Å²) in [6.45, 7) is 0. The summed E-state index contributed by atoms with van der Waals surface area (Å²) in [6, 6.07) is 14.0. The van der Waals surface area contributed by atoms with E-state index in [0.29, 0.717) is 12.1 Å². The molecule has 2 rings (SSSR count). The van der Waals surface area contributed by atoms with Crippen LogP contribution in [0.5, 0.6) is 0 Å². The van der Waals surface area contributed by atoms with Gasteiger partial charge >= 0.3 is 0 Å². The van der Waals surface area contributed by atoms with Gasteiger partial charge in [-0.1, -0.05) is 24.3 Å². The fourth-order valence-electron chi connectivity index (χ4n) is 1.54. The zero-order chi connectivity index (χ0) is 9.97. The topological polar surface area (TPSA) is 49.8 Å². The van der Waals surface area contributed by atoms with E-state index in [2.05, 4.69) is 6.07 Å². The number of anilines is 1. The smallest absolute Gasteiger partial charge is 0.0670 e. The highest BCUT2D eigenvalue weighted by Crippen LogP contribution is 2.21. The molecule has 0 saturated heterocycles. The van der Waals surface area contributed by atoms with Gasteiger partial charge in [0, 0.05) is 5.69 Å². The fourth-order valence-corrected chi connectivity index (χ4v) is 1.54. The highest BCUT2D eigenvalue weighted by Gasteiger charge is 2.00. The average Bonchev–Trinajstić information content (AvgIpc) is 2.19. The Kier molecular flexibility index (Phi) is 2.08. The lowest BCUT2D eigenvalue weighted by atomic mass is 10.0. The van der Waals surface area contributed by atoms with Crippen LogP contribution in [-0.2, 0) is 6.42 Å². The second-order valence-electron chi connectivity index (χ2n) is 3.23. The minimum atomic E-state index is 0.372. The Labute approximate surface area is 82.6 Å². The van der Waals surface area contributed by atoms with E-state index < -0.39 is 0 Å². The second kappa shape index (κ2) is 3.39. The average molecular weight is 182 g/mol. The van der Waals surface area contributed by atoms with Gasteiger partial charge in [-0.3, -0.25) is 0 Å². The molecule has 0 heterocycles. The highest BCUT2D eigenvalue weighted by molar-refractivity contribution is 5.86. The summed E-state index contributed by atoms with van der Waals surface area (Å²) in [6.07, 6.45) is 0.372. The van der Waals surface area contributed by atoms with Crippen LogP contribution in [0.2, 0.25) is 0 Å². The van der Waals surface area contributed by atoms with Crippen molar-refractivity contribution in [1.82, 2.24) is 0 Å². The fraction of sp³-hybridized carbons (Fsp3) is 0.0833. The molecule has 0 aliphatic rings. The number of hydrogen-bond acceptors (Lipinski definition) is 2. The Morgan fingerprint density at radius 3 is 2.43 bits per heavy atom. The van der Waals surface area contributed by atoms with Gasteiger partial charge in [0.2, 0.25) is 0 Å². The molecule has 0 saturated carbocycles. The zero-order valence-electron chi connectivity index (χ0n) is 7.70. The molecule has 14 heavy (non-hydrogen) atoms. The maximum absolute atomic E-state index is 8.61. The molecule has 2 aromatic rings. The molecule has 0 aromatic heterocycles. The zero-order valence-corrected chi connectivity index (χ0v) is 7.70.